The Bertz CT molecular complexity index is 964. The van der Waals surface area contributed by atoms with Gasteiger partial charge in [-0.25, -0.2) is 9.78 Å². The van der Waals surface area contributed by atoms with Crippen molar-refractivity contribution in [2.24, 2.45) is 5.73 Å². The second-order valence-electron chi connectivity index (χ2n) is 6.77. The van der Waals surface area contributed by atoms with Crippen molar-refractivity contribution in [2.75, 3.05) is 31.1 Å². The van der Waals surface area contributed by atoms with E-state index in [9.17, 15) is 9.59 Å². The molecule has 0 radical (unpaired) electrons. The fraction of sp³-hybridized carbons (Fsp3) is 0.368. The van der Waals surface area contributed by atoms with E-state index in [-0.39, 0.29) is 17.8 Å². The molecular formula is C19H22N6O3. The number of H-pyrrole nitrogens is 1. The number of piperazine rings is 1. The van der Waals surface area contributed by atoms with Crippen LogP contribution in [0.3, 0.4) is 0 Å². The van der Waals surface area contributed by atoms with E-state index in [4.69, 9.17) is 15.7 Å². The van der Waals surface area contributed by atoms with Crippen LogP contribution in [0.5, 0.6) is 0 Å². The van der Waals surface area contributed by atoms with E-state index in [1.165, 1.54) is 6.08 Å². The number of ether oxygens (including phenoxy) is 1. The summed E-state index contributed by atoms with van der Waals surface area (Å²) < 4.78 is 5.24. The maximum atomic E-state index is 12.0. The number of nitriles is 1. The summed E-state index contributed by atoms with van der Waals surface area (Å²) >= 11 is 0. The molecule has 9 nitrogen and oxygen atoms in total. The Morgan fingerprint density at radius 3 is 2.68 bits per heavy atom. The van der Waals surface area contributed by atoms with Crippen LogP contribution in [0.2, 0.25) is 0 Å². The lowest BCUT2D eigenvalue weighted by Crippen LogP contribution is -2.49. The van der Waals surface area contributed by atoms with Crippen LogP contribution in [0, 0.1) is 11.3 Å². The highest BCUT2D eigenvalue weighted by Crippen LogP contribution is 2.25. The van der Waals surface area contributed by atoms with Crippen molar-refractivity contribution >= 4 is 34.8 Å². The Kier molecular flexibility index (Phi) is 5.49. The number of nitrogens with zero attached hydrogens (tertiary/aromatic N) is 4. The van der Waals surface area contributed by atoms with Gasteiger partial charge in [0.05, 0.1) is 18.0 Å². The van der Waals surface area contributed by atoms with E-state index >= 15 is 0 Å². The highest BCUT2D eigenvalue weighted by Gasteiger charge is 2.23. The van der Waals surface area contributed by atoms with Crippen molar-refractivity contribution in [3.63, 3.8) is 0 Å². The number of aromatic nitrogens is 2. The van der Waals surface area contributed by atoms with Crippen LogP contribution in [-0.2, 0) is 9.53 Å². The number of hydrogen-bond donors (Lipinski definition) is 2. The zero-order valence-electron chi connectivity index (χ0n) is 15.8. The second-order valence-corrected chi connectivity index (χ2v) is 6.77. The second kappa shape index (κ2) is 8.00. The van der Waals surface area contributed by atoms with Gasteiger partial charge in [-0.1, -0.05) is 0 Å². The molecule has 1 saturated heterocycles. The van der Waals surface area contributed by atoms with Crippen molar-refractivity contribution in [1.82, 2.24) is 14.9 Å². The number of rotatable bonds is 4. The average Bonchev–Trinajstić information content (AvgIpc) is 3.07. The molecule has 0 aromatic carbocycles. The molecule has 1 fully saturated rings. The van der Waals surface area contributed by atoms with E-state index in [0.717, 1.165) is 11.1 Å². The lowest BCUT2D eigenvalue weighted by atomic mass is 10.1. The Morgan fingerprint density at radius 2 is 2.07 bits per heavy atom. The number of pyridine rings is 1. The number of fused-ring (bicyclic) bond motifs is 1. The minimum absolute atomic E-state index is 0.122. The number of carbonyl (C=O) groups excluding carboxylic acids is 2. The normalized spacial score (nSPS) is 15.0. The van der Waals surface area contributed by atoms with Crippen molar-refractivity contribution in [1.29, 1.82) is 5.26 Å². The first-order valence-electron chi connectivity index (χ1n) is 8.98. The van der Waals surface area contributed by atoms with E-state index in [1.54, 1.807) is 23.4 Å². The van der Waals surface area contributed by atoms with Crippen LogP contribution in [-0.4, -0.2) is 59.2 Å². The molecule has 0 unspecified atom stereocenters. The highest BCUT2D eigenvalue weighted by molar-refractivity contribution is 6.03. The third-order valence-electron chi connectivity index (χ3n) is 4.47. The fourth-order valence-electron chi connectivity index (χ4n) is 3.04. The Hall–Kier alpha value is -3.54. The van der Waals surface area contributed by atoms with Crippen molar-refractivity contribution in [2.45, 2.75) is 20.0 Å². The molecule has 2 amide bonds. The van der Waals surface area contributed by atoms with Gasteiger partial charge < -0.3 is 25.3 Å². The SMILES string of the molecule is CC(C)OC(=O)N1CCN(c2cnc3[nH]cc(/C=C(\C#N)C(N)=O)c3c2)CC1. The Morgan fingerprint density at radius 1 is 1.36 bits per heavy atom. The molecule has 2 aromatic heterocycles. The average molecular weight is 382 g/mol. The van der Waals surface area contributed by atoms with E-state index < -0.39 is 5.91 Å². The maximum Gasteiger partial charge on any atom is 0.410 e. The molecule has 3 heterocycles. The number of nitrogens with one attached hydrogen (secondary N) is 1. The van der Waals surface area contributed by atoms with Gasteiger partial charge in [-0.05, 0) is 26.0 Å². The number of aromatic amines is 1. The minimum Gasteiger partial charge on any atom is -0.447 e. The van der Waals surface area contributed by atoms with Crippen LogP contribution in [0.1, 0.15) is 19.4 Å². The van der Waals surface area contributed by atoms with Gasteiger partial charge in [0.15, 0.2) is 0 Å². The number of anilines is 1. The van der Waals surface area contributed by atoms with Crippen LogP contribution in [0.4, 0.5) is 10.5 Å². The predicted molar refractivity (Wildman–Crippen MR) is 104 cm³/mol. The molecule has 0 saturated carbocycles. The summed E-state index contributed by atoms with van der Waals surface area (Å²) in [6.45, 7) is 6.08. The third-order valence-corrected chi connectivity index (χ3v) is 4.47. The predicted octanol–water partition coefficient (Wildman–Crippen LogP) is 1.62. The minimum atomic E-state index is -0.773. The molecule has 146 valence electrons. The smallest absolute Gasteiger partial charge is 0.410 e. The van der Waals surface area contributed by atoms with Gasteiger partial charge in [0, 0.05) is 43.3 Å². The quantitative estimate of drug-likeness (QED) is 0.611. The molecule has 0 aliphatic carbocycles. The van der Waals surface area contributed by atoms with Gasteiger partial charge in [0.1, 0.15) is 17.3 Å². The summed E-state index contributed by atoms with van der Waals surface area (Å²) in [5, 5.41) is 9.84. The molecule has 3 rings (SSSR count). The van der Waals surface area contributed by atoms with Gasteiger partial charge in [0.2, 0.25) is 0 Å². The Balaban J connectivity index is 1.78. The summed E-state index contributed by atoms with van der Waals surface area (Å²) in [6, 6.07) is 3.75. The first-order chi connectivity index (χ1) is 13.4. The largest absolute Gasteiger partial charge is 0.447 e. The molecule has 1 aliphatic heterocycles. The molecule has 0 atom stereocenters. The van der Waals surface area contributed by atoms with Crippen LogP contribution >= 0.6 is 0 Å². The summed E-state index contributed by atoms with van der Waals surface area (Å²) in [4.78, 5) is 34.6. The van der Waals surface area contributed by atoms with E-state index in [1.807, 2.05) is 19.9 Å². The van der Waals surface area contributed by atoms with Crippen LogP contribution < -0.4 is 10.6 Å². The molecule has 28 heavy (non-hydrogen) atoms. The molecular weight excluding hydrogens is 360 g/mol. The number of amides is 2. The van der Waals surface area contributed by atoms with Crippen molar-refractivity contribution < 1.29 is 14.3 Å². The first kappa shape index (κ1) is 19.2. The summed E-state index contributed by atoms with van der Waals surface area (Å²) in [6.07, 6.45) is 4.45. The zero-order chi connectivity index (χ0) is 20.3. The number of carbonyl (C=O) groups is 2. The monoisotopic (exact) mass is 382 g/mol. The van der Waals surface area contributed by atoms with Gasteiger partial charge in [0.25, 0.3) is 5.91 Å². The topological polar surface area (TPSA) is 128 Å². The van der Waals surface area contributed by atoms with Gasteiger partial charge in [-0.15, -0.1) is 0 Å². The highest BCUT2D eigenvalue weighted by atomic mass is 16.6. The van der Waals surface area contributed by atoms with E-state index in [0.29, 0.717) is 37.4 Å². The first-order valence-corrected chi connectivity index (χ1v) is 8.98. The van der Waals surface area contributed by atoms with Gasteiger partial charge >= 0.3 is 6.09 Å². The number of primary amides is 1. The summed E-state index contributed by atoms with van der Waals surface area (Å²) in [7, 11) is 0. The van der Waals surface area contributed by atoms with Crippen molar-refractivity contribution in [3.05, 3.63) is 29.6 Å². The molecule has 9 heteroatoms. The number of nitrogens with two attached hydrogens (primary N) is 1. The maximum absolute atomic E-state index is 12.0. The Labute approximate surface area is 162 Å². The lowest BCUT2D eigenvalue weighted by Gasteiger charge is -2.35. The fourth-order valence-corrected chi connectivity index (χ4v) is 3.04. The summed E-state index contributed by atoms with van der Waals surface area (Å²) in [5.41, 5.74) is 7.31. The third kappa shape index (κ3) is 4.06. The molecule has 3 N–H and O–H groups in total. The molecule has 1 aliphatic rings. The van der Waals surface area contributed by atoms with Crippen LogP contribution in [0.25, 0.3) is 17.1 Å². The van der Waals surface area contributed by atoms with Crippen molar-refractivity contribution in [3.8, 4) is 6.07 Å². The van der Waals surface area contributed by atoms with E-state index in [2.05, 4.69) is 14.9 Å². The van der Waals surface area contributed by atoms with Crippen LogP contribution in [0.15, 0.2) is 24.0 Å². The zero-order valence-corrected chi connectivity index (χ0v) is 15.8. The standard InChI is InChI=1S/C19H22N6O3/c1-12(2)28-19(27)25-5-3-24(4-6-25)15-8-16-14(7-13(9-20)17(21)26)10-22-18(16)23-11-15/h7-8,10-12H,3-6H2,1-2H3,(H2,21,26)(H,22,23)/b13-7+. The molecule has 2 aromatic rings. The number of hydrogen-bond acceptors (Lipinski definition) is 6. The summed E-state index contributed by atoms with van der Waals surface area (Å²) in [5.74, 6) is -0.773. The molecule has 0 spiro atoms. The van der Waals surface area contributed by atoms with Gasteiger partial charge in [-0.3, -0.25) is 4.79 Å². The van der Waals surface area contributed by atoms with Gasteiger partial charge in [-0.2, -0.15) is 5.26 Å². The lowest BCUT2D eigenvalue weighted by molar-refractivity contribution is -0.114. The molecule has 0 bridgehead atoms.